The minimum atomic E-state index is -0.241. The SMILES string of the molecule is Cc1c(F)cccc1C(C)C#N. The molecule has 1 nitrogen and oxygen atoms in total. The molecule has 1 aromatic carbocycles. The summed E-state index contributed by atoms with van der Waals surface area (Å²) in [6.45, 7) is 3.46. The molecule has 0 aliphatic rings. The van der Waals surface area contributed by atoms with Crippen LogP contribution in [0.4, 0.5) is 4.39 Å². The Balaban J connectivity index is 3.18. The lowest BCUT2D eigenvalue weighted by Gasteiger charge is -2.06. The highest BCUT2D eigenvalue weighted by Gasteiger charge is 2.09. The molecule has 0 amide bonds. The third-order valence-corrected chi connectivity index (χ3v) is 1.97. The van der Waals surface area contributed by atoms with Crippen molar-refractivity contribution in [2.24, 2.45) is 0 Å². The summed E-state index contributed by atoms with van der Waals surface area (Å²) in [6, 6.07) is 6.90. The van der Waals surface area contributed by atoms with E-state index in [9.17, 15) is 4.39 Å². The number of halogens is 1. The fraction of sp³-hybridized carbons (Fsp3) is 0.300. The predicted octanol–water partition coefficient (Wildman–Crippen LogP) is 2.76. The highest BCUT2D eigenvalue weighted by atomic mass is 19.1. The molecule has 0 radical (unpaired) electrons. The van der Waals surface area contributed by atoms with E-state index in [2.05, 4.69) is 6.07 Å². The molecule has 0 aromatic heterocycles. The van der Waals surface area contributed by atoms with Crippen LogP contribution >= 0.6 is 0 Å². The van der Waals surface area contributed by atoms with Crippen molar-refractivity contribution in [2.45, 2.75) is 19.8 Å². The van der Waals surface area contributed by atoms with Gasteiger partial charge in [0.1, 0.15) is 5.82 Å². The van der Waals surface area contributed by atoms with Crippen molar-refractivity contribution in [3.05, 3.63) is 35.1 Å². The molecule has 1 aromatic rings. The zero-order chi connectivity index (χ0) is 9.14. The molecule has 2 heteroatoms. The first-order chi connectivity index (χ1) is 5.66. The van der Waals surface area contributed by atoms with Crippen molar-refractivity contribution in [3.8, 4) is 6.07 Å². The Bertz CT molecular complexity index is 325. The molecule has 0 aliphatic heterocycles. The van der Waals surface area contributed by atoms with Crippen LogP contribution in [0.15, 0.2) is 18.2 Å². The van der Waals surface area contributed by atoms with Crippen molar-refractivity contribution < 1.29 is 4.39 Å². The van der Waals surface area contributed by atoms with Crippen molar-refractivity contribution in [1.82, 2.24) is 0 Å². The quantitative estimate of drug-likeness (QED) is 0.624. The molecule has 0 fully saturated rings. The van der Waals surface area contributed by atoms with Gasteiger partial charge in [0.25, 0.3) is 0 Å². The number of hydrogen-bond acceptors (Lipinski definition) is 1. The van der Waals surface area contributed by atoms with Gasteiger partial charge >= 0.3 is 0 Å². The smallest absolute Gasteiger partial charge is 0.126 e. The molecule has 0 heterocycles. The van der Waals surface area contributed by atoms with Gasteiger partial charge in [-0.05, 0) is 31.0 Å². The van der Waals surface area contributed by atoms with E-state index >= 15 is 0 Å². The average molecular weight is 163 g/mol. The Morgan fingerprint density at radius 1 is 1.50 bits per heavy atom. The van der Waals surface area contributed by atoms with Crippen LogP contribution in [0.5, 0.6) is 0 Å². The second kappa shape index (κ2) is 3.36. The van der Waals surface area contributed by atoms with Crippen LogP contribution in [0.2, 0.25) is 0 Å². The first-order valence-electron chi connectivity index (χ1n) is 3.81. The highest BCUT2D eigenvalue weighted by Crippen LogP contribution is 2.20. The van der Waals surface area contributed by atoms with Crippen LogP contribution in [-0.4, -0.2) is 0 Å². The summed E-state index contributed by atoms with van der Waals surface area (Å²) in [5, 5.41) is 8.63. The third kappa shape index (κ3) is 1.45. The van der Waals surface area contributed by atoms with Gasteiger partial charge in [-0.3, -0.25) is 0 Å². The molecular formula is C10H10FN. The van der Waals surface area contributed by atoms with Gasteiger partial charge in [0.15, 0.2) is 0 Å². The van der Waals surface area contributed by atoms with Gasteiger partial charge in [0.2, 0.25) is 0 Å². The summed E-state index contributed by atoms with van der Waals surface area (Å²) in [7, 11) is 0. The summed E-state index contributed by atoms with van der Waals surface area (Å²) in [4.78, 5) is 0. The summed E-state index contributed by atoms with van der Waals surface area (Å²) in [5.41, 5.74) is 1.35. The fourth-order valence-electron chi connectivity index (χ4n) is 1.16. The van der Waals surface area contributed by atoms with Crippen molar-refractivity contribution in [2.75, 3.05) is 0 Å². The first kappa shape index (κ1) is 8.73. The van der Waals surface area contributed by atoms with Gasteiger partial charge in [0, 0.05) is 0 Å². The third-order valence-electron chi connectivity index (χ3n) is 1.97. The minimum absolute atomic E-state index is 0.235. The second-order valence-corrected chi connectivity index (χ2v) is 2.80. The molecule has 0 bridgehead atoms. The Morgan fingerprint density at radius 2 is 2.17 bits per heavy atom. The first-order valence-corrected chi connectivity index (χ1v) is 3.81. The number of benzene rings is 1. The Hall–Kier alpha value is -1.36. The summed E-state index contributed by atoms with van der Waals surface area (Å²) < 4.78 is 13.0. The maximum atomic E-state index is 13.0. The summed E-state index contributed by atoms with van der Waals surface area (Å²) in [6.07, 6.45) is 0. The van der Waals surface area contributed by atoms with Crippen LogP contribution in [0.1, 0.15) is 24.0 Å². The van der Waals surface area contributed by atoms with Gasteiger partial charge in [-0.1, -0.05) is 12.1 Å². The molecule has 1 rings (SSSR count). The van der Waals surface area contributed by atoms with E-state index in [1.807, 2.05) is 0 Å². The lowest BCUT2D eigenvalue weighted by molar-refractivity contribution is 0.614. The van der Waals surface area contributed by atoms with Crippen LogP contribution in [0.3, 0.4) is 0 Å². The topological polar surface area (TPSA) is 23.8 Å². The van der Waals surface area contributed by atoms with Gasteiger partial charge in [-0.25, -0.2) is 4.39 Å². The Labute approximate surface area is 71.4 Å². The molecule has 0 aliphatic carbocycles. The number of hydrogen-bond donors (Lipinski definition) is 0. The molecular weight excluding hydrogens is 153 g/mol. The van der Waals surface area contributed by atoms with Gasteiger partial charge < -0.3 is 0 Å². The van der Waals surface area contributed by atoms with E-state index in [4.69, 9.17) is 5.26 Å². The predicted molar refractivity (Wildman–Crippen MR) is 45.2 cm³/mol. The zero-order valence-electron chi connectivity index (χ0n) is 7.13. The standard InChI is InChI=1S/C10H10FN/c1-7(6-12)9-4-3-5-10(11)8(9)2/h3-5,7H,1-2H3. The Kier molecular flexibility index (Phi) is 2.44. The molecule has 1 unspecified atom stereocenters. The monoisotopic (exact) mass is 163 g/mol. The Morgan fingerprint density at radius 3 is 2.75 bits per heavy atom. The van der Waals surface area contributed by atoms with E-state index in [1.54, 1.807) is 26.0 Å². The fourth-order valence-corrected chi connectivity index (χ4v) is 1.16. The molecule has 1 atom stereocenters. The van der Waals surface area contributed by atoms with E-state index in [-0.39, 0.29) is 11.7 Å². The van der Waals surface area contributed by atoms with Crippen molar-refractivity contribution in [1.29, 1.82) is 5.26 Å². The molecule has 0 spiro atoms. The minimum Gasteiger partial charge on any atom is -0.207 e. The lowest BCUT2D eigenvalue weighted by Crippen LogP contribution is -1.95. The number of rotatable bonds is 1. The lowest BCUT2D eigenvalue weighted by atomic mass is 9.97. The molecule has 12 heavy (non-hydrogen) atoms. The van der Waals surface area contributed by atoms with Crippen LogP contribution < -0.4 is 0 Å². The van der Waals surface area contributed by atoms with Crippen molar-refractivity contribution in [3.63, 3.8) is 0 Å². The molecule has 62 valence electrons. The van der Waals surface area contributed by atoms with E-state index in [0.717, 1.165) is 5.56 Å². The summed E-state index contributed by atoms with van der Waals surface area (Å²) >= 11 is 0. The molecule has 0 saturated heterocycles. The summed E-state index contributed by atoms with van der Waals surface area (Å²) in [5.74, 6) is -0.477. The van der Waals surface area contributed by atoms with Gasteiger partial charge in [-0.15, -0.1) is 0 Å². The highest BCUT2D eigenvalue weighted by molar-refractivity contribution is 5.33. The number of nitriles is 1. The zero-order valence-corrected chi connectivity index (χ0v) is 7.13. The molecule has 0 N–H and O–H groups in total. The van der Waals surface area contributed by atoms with E-state index in [0.29, 0.717) is 5.56 Å². The van der Waals surface area contributed by atoms with Gasteiger partial charge in [0.05, 0.1) is 12.0 Å². The van der Waals surface area contributed by atoms with Crippen LogP contribution in [-0.2, 0) is 0 Å². The average Bonchev–Trinajstić information content (AvgIpc) is 2.08. The van der Waals surface area contributed by atoms with Crippen molar-refractivity contribution >= 4 is 0 Å². The van der Waals surface area contributed by atoms with Gasteiger partial charge in [-0.2, -0.15) is 5.26 Å². The molecule has 0 saturated carbocycles. The second-order valence-electron chi connectivity index (χ2n) is 2.80. The van der Waals surface area contributed by atoms with Crippen LogP contribution in [0, 0.1) is 24.1 Å². The largest absolute Gasteiger partial charge is 0.207 e. The van der Waals surface area contributed by atoms with Crippen LogP contribution in [0.25, 0.3) is 0 Å². The maximum absolute atomic E-state index is 13.0. The normalized spacial score (nSPS) is 12.2. The number of nitrogens with zero attached hydrogens (tertiary/aromatic N) is 1. The van der Waals surface area contributed by atoms with E-state index < -0.39 is 0 Å². The maximum Gasteiger partial charge on any atom is 0.126 e. The van der Waals surface area contributed by atoms with E-state index in [1.165, 1.54) is 6.07 Å².